The zero-order valence-corrected chi connectivity index (χ0v) is 12.0. The minimum atomic E-state index is 0.474. The second-order valence-corrected chi connectivity index (χ2v) is 5.18. The molecule has 1 aliphatic heterocycles. The highest BCUT2D eigenvalue weighted by Crippen LogP contribution is 2.16. The van der Waals surface area contributed by atoms with Gasteiger partial charge in [0.25, 0.3) is 0 Å². The summed E-state index contributed by atoms with van der Waals surface area (Å²) in [5, 5.41) is 3.76. The Morgan fingerprint density at radius 3 is 2.59 bits per heavy atom. The van der Waals surface area contributed by atoms with Gasteiger partial charge in [0.2, 0.25) is 0 Å². The van der Waals surface area contributed by atoms with Gasteiger partial charge in [-0.3, -0.25) is 0 Å². The molecule has 0 aromatic rings. The largest absolute Gasteiger partial charge is 0.378 e. The highest BCUT2D eigenvalue weighted by atomic mass is 16.5. The van der Waals surface area contributed by atoms with Crippen molar-refractivity contribution >= 4 is 0 Å². The molecule has 17 heavy (non-hydrogen) atoms. The van der Waals surface area contributed by atoms with Crippen molar-refractivity contribution in [1.29, 1.82) is 0 Å². The molecule has 3 unspecified atom stereocenters. The van der Waals surface area contributed by atoms with E-state index in [2.05, 4.69) is 37.9 Å². The second-order valence-electron chi connectivity index (χ2n) is 5.18. The third-order valence-electron chi connectivity index (χ3n) is 3.77. The van der Waals surface area contributed by atoms with Crippen molar-refractivity contribution in [1.82, 2.24) is 10.2 Å². The summed E-state index contributed by atoms with van der Waals surface area (Å²) in [4.78, 5) is 2.48. The molecule has 3 heteroatoms. The van der Waals surface area contributed by atoms with Gasteiger partial charge in [-0.2, -0.15) is 0 Å². The minimum absolute atomic E-state index is 0.474. The number of nitrogens with zero attached hydrogens (tertiary/aromatic N) is 1. The van der Waals surface area contributed by atoms with Gasteiger partial charge in [0.1, 0.15) is 0 Å². The van der Waals surface area contributed by atoms with E-state index in [4.69, 9.17) is 4.74 Å². The van der Waals surface area contributed by atoms with E-state index in [0.29, 0.717) is 18.2 Å². The van der Waals surface area contributed by atoms with Crippen molar-refractivity contribution in [3.8, 4) is 0 Å². The third-order valence-corrected chi connectivity index (χ3v) is 3.77. The highest BCUT2D eigenvalue weighted by Gasteiger charge is 2.22. The van der Waals surface area contributed by atoms with Gasteiger partial charge in [0, 0.05) is 25.2 Å². The summed E-state index contributed by atoms with van der Waals surface area (Å²) < 4.78 is 5.71. The molecule has 1 rings (SSSR count). The molecule has 0 spiro atoms. The fraction of sp³-hybridized carbons (Fsp3) is 1.00. The maximum absolute atomic E-state index is 5.71. The predicted octanol–water partition coefficient (Wildman–Crippen LogP) is 2.26. The van der Waals surface area contributed by atoms with E-state index in [0.717, 1.165) is 32.7 Å². The Morgan fingerprint density at radius 2 is 2.00 bits per heavy atom. The standard InChI is InChI=1S/C14H30N2O/c1-5-14-10-13(8-9-17-14)15-12(4)11-16(6-2)7-3/h12-15H,5-11H2,1-4H3. The molecule has 1 N–H and O–H groups in total. The van der Waals surface area contributed by atoms with Gasteiger partial charge >= 0.3 is 0 Å². The Balaban J connectivity index is 2.27. The number of hydrogen-bond donors (Lipinski definition) is 1. The molecule has 0 aromatic heterocycles. The lowest BCUT2D eigenvalue weighted by Gasteiger charge is -2.33. The van der Waals surface area contributed by atoms with E-state index in [9.17, 15) is 0 Å². The first-order valence-corrected chi connectivity index (χ1v) is 7.29. The Bertz CT molecular complexity index is 195. The second kappa shape index (κ2) is 8.06. The van der Waals surface area contributed by atoms with Gasteiger partial charge in [-0.1, -0.05) is 20.8 Å². The lowest BCUT2D eigenvalue weighted by atomic mass is 10.0. The van der Waals surface area contributed by atoms with Gasteiger partial charge in [0.15, 0.2) is 0 Å². The Hall–Kier alpha value is -0.120. The van der Waals surface area contributed by atoms with E-state index < -0.39 is 0 Å². The molecule has 3 nitrogen and oxygen atoms in total. The Morgan fingerprint density at radius 1 is 1.29 bits per heavy atom. The molecule has 1 heterocycles. The number of nitrogens with one attached hydrogen (secondary N) is 1. The Kier molecular flexibility index (Phi) is 7.09. The molecule has 1 aliphatic rings. The summed E-state index contributed by atoms with van der Waals surface area (Å²) >= 11 is 0. The number of rotatable bonds is 7. The van der Waals surface area contributed by atoms with Crippen LogP contribution in [-0.2, 0) is 4.74 Å². The Labute approximate surface area is 107 Å². The topological polar surface area (TPSA) is 24.5 Å². The van der Waals surface area contributed by atoms with Crippen LogP contribution in [0.3, 0.4) is 0 Å². The number of likely N-dealkylation sites (N-methyl/N-ethyl adjacent to an activating group) is 1. The first kappa shape index (κ1) is 14.9. The first-order valence-electron chi connectivity index (χ1n) is 7.29. The van der Waals surface area contributed by atoms with Crippen molar-refractivity contribution in [3.05, 3.63) is 0 Å². The van der Waals surface area contributed by atoms with E-state index in [1.807, 2.05) is 0 Å². The van der Waals surface area contributed by atoms with Gasteiger partial charge in [-0.15, -0.1) is 0 Å². The minimum Gasteiger partial charge on any atom is -0.378 e. The van der Waals surface area contributed by atoms with E-state index in [-0.39, 0.29) is 0 Å². The molecule has 0 aliphatic carbocycles. The fourth-order valence-electron chi connectivity index (χ4n) is 2.64. The average molecular weight is 242 g/mol. The lowest BCUT2D eigenvalue weighted by Crippen LogP contribution is -2.47. The van der Waals surface area contributed by atoms with Crippen molar-refractivity contribution < 1.29 is 4.74 Å². The third kappa shape index (κ3) is 5.36. The normalized spacial score (nSPS) is 27.4. The van der Waals surface area contributed by atoms with Gasteiger partial charge in [-0.25, -0.2) is 0 Å². The van der Waals surface area contributed by atoms with Crippen LogP contribution in [0.1, 0.15) is 47.0 Å². The van der Waals surface area contributed by atoms with Crippen LogP contribution < -0.4 is 5.32 Å². The summed E-state index contributed by atoms with van der Waals surface area (Å²) in [6, 6.07) is 1.23. The molecular weight excluding hydrogens is 212 g/mol. The summed E-state index contributed by atoms with van der Waals surface area (Å²) in [6.45, 7) is 13.4. The van der Waals surface area contributed by atoms with Crippen LogP contribution in [0.25, 0.3) is 0 Å². The summed E-state index contributed by atoms with van der Waals surface area (Å²) in [6.07, 6.45) is 3.96. The quantitative estimate of drug-likeness (QED) is 0.741. The van der Waals surface area contributed by atoms with E-state index >= 15 is 0 Å². The molecule has 0 radical (unpaired) electrons. The van der Waals surface area contributed by atoms with Crippen LogP contribution in [0, 0.1) is 0 Å². The summed E-state index contributed by atoms with van der Waals surface area (Å²) in [7, 11) is 0. The van der Waals surface area contributed by atoms with E-state index in [1.165, 1.54) is 12.8 Å². The molecule has 102 valence electrons. The summed E-state index contributed by atoms with van der Waals surface area (Å²) in [5.41, 5.74) is 0. The predicted molar refractivity (Wildman–Crippen MR) is 73.4 cm³/mol. The van der Waals surface area contributed by atoms with Crippen LogP contribution in [0.2, 0.25) is 0 Å². The molecule has 1 saturated heterocycles. The molecule has 0 saturated carbocycles. The molecule has 0 aromatic carbocycles. The van der Waals surface area contributed by atoms with Gasteiger partial charge < -0.3 is 15.0 Å². The highest BCUT2D eigenvalue weighted by molar-refractivity contribution is 4.79. The molecule has 0 amide bonds. The SMILES string of the molecule is CCC1CC(NC(C)CN(CC)CC)CCO1. The number of hydrogen-bond acceptors (Lipinski definition) is 3. The maximum Gasteiger partial charge on any atom is 0.0587 e. The first-order chi connectivity index (χ1) is 8.19. The smallest absolute Gasteiger partial charge is 0.0587 e. The van der Waals surface area contributed by atoms with Crippen LogP contribution in [0.5, 0.6) is 0 Å². The molecule has 0 bridgehead atoms. The zero-order chi connectivity index (χ0) is 12.7. The lowest BCUT2D eigenvalue weighted by molar-refractivity contribution is -0.00222. The van der Waals surface area contributed by atoms with Crippen molar-refractivity contribution in [2.75, 3.05) is 26.2 Å². The zero-order valence-electron chi connectivity index (χ0n) is 12.0. The monoisotopic (exact) mass is 242 g/mol. The van der Waals surface area contributed by atoms with Crippen LogP contribution in [-0.4, -0.2) is 49.3 Å². The van der Waals surface area contributed by atoms with Gasteiger partial charge in [-0.05, 0) is 39.3 Å². The van der Waals surface area contributed by atoms with Crippen molar-refractivity contribution in [3.63, 3.8) is 0 Å². The average Bonchev–Trinajstić information content (AvgIpc) is 2.36. The number of ether oxygens (including phenoxy) is 1. The van der Waals surface area contributed by atoms with Gasteiger partial charge in [0.05, 0.1) is 6.10 Å². The fourth-order valence-corrected chi connectivity index (χ4v) is 2.64. The molecular formula is C14H30N2O. The molecule has 3 atom stereocenters. The maximum atomic E-state index is 5.71. The van der Waals surface area contributed by atoms with Crippen LogP contribution in [0.15, 0.2) is 0 Å². The van der Waals surface area contributed by atoms with Crippen LogP contribution >= 0.6 is 0 Å². The van der Waals surface area contributed by atoms with Crippen molar-refractivity contribution in [2.24, 2.45) is 0 Å². The van der Waals surface area contributed by atoms with Crippen molar-refractivity contribution in [2.45, 2.75) is 65.1 Å². The summed E-state index contributed by atoms with van der Waals surface area (Å²) in [5.74, 6) is 0. The molecule has 1 fully saturated rings. The van der Waals surface area contributed by atoms with E-state index in [1.54, 1.807) is 0 Å². The van der Waals surface area contributed by atoms with Crippen LogP contribution in [0.4, 0.5) is 0 Å².